The minimum Gasteiger partial charge on any atom is -0.494 e. The van der Waals surface area contributed by atoms with E-state index in [1.165, 1.54) is 24.1 Å². The molecular formula is C25H25N3O4S. The van der Waals surface area contributed by atoms with Crippen LogP contribution in [0.2, 0.25) is 0 Å². The summed E-state index contributed by atoms with van der Waals surface area (Å²) in [5.74, 6) is 0.530. The van der Waals surface area contributed by atoms with Gasteiger partial charge in [-0.25, -0.2) is 13.4 Å². The molecule has 1 N–H and O–H groups in total. The maximum atomic E-state index is 12.9. The Bertz CT molecular complexity index is 1290. The third-order valence-corrected chi connectivity index (χ3v) is 6.70. The molecule has 7 nitrogen and oxygen atoms in total. The molecule has 1 aliphatic heterocycles. The molecule has 0 aliphatic carbocycles. The first-order chi connectivity index (χ1) is 15.9. The Balaban J connectivity index is 1.67. The van der Waals surface area contributed by atoms with Crippen LogP contribution >= 0.6 is 0 Å². The minimum absolute atomic E-state index is 0.171. The maximum Gasteiger partial charge on any atom is 0.261 e. The Kier molecular flexibility index (Phi) is 6.46. The number of nitrogens with one attached hydrogen (secondary N) is 1. The molecule has 1 amide bonds. The number of rotatable bonds is 7. The van der Waals surface area contributed by atoms with E-state index in [0.29, 0.717) is 30.0 Å². The van der Waals surface area contributed by atoms with E-state index in [-0.39, 0.29) is 16.8 Å². The van der Waals surface area contributed by atoms with E-state index in [1.54, 1.807) is 36.4 Å². The molecule has 0 saturated carbocycles. The molecule has 0 aromatic heterocycles. The smallest absolute Gasteiger partial charge is 0.261 e. The van der Waals surface area contributed by atoms with Crippen LogP contribution in [-0.2, 0) is 14.8 Å². The van der Waals surface area contributed by atoms with Crippen LogP contribution < -0.4 is 9.46 Å². The van der Waals surface area contributed by atoms with Crippen LogP contribution in [0.15, 0.2) is 88.9 Å². The summed E-state index contributed by atoms with van der Waals surface area (Å²) in [6, 6.07) is 22.6. The molecule has 1 aliphatic rings. The van der Waals surface area contributed by atoms with Crippen molar-refractivity contribution in [1.82, 2.24) is 5.01 Å². The third kappa shape index (κ3) is 4.90. The van der Waals surface area contributed by atoms with Crippen molar-refractivity contribution in [3.05, 3.63) is 90.0 Å². The Morgan fingerprint density at radius 1 is 1.06 bits per heavy atom. The van der Waals surface area contributed by atoms with Gasteiger partial charge in [0.2, 0.25) is 5.91 Å². The highest BCUT2D eigenvalue weighted by Crippen LogP contribution is 2.36. The van der Waals surface area contributed by atoms with Gasteiger partial charge in [0, 0.05) is 18.9 Å². The molecule has 170 valence electrons. The number of ether oxygens (including phenoxy) is 1. The van der Waals surface area contributed by atoms with E-state index in [0.717, 1.165) is 11.3 Å². The van der Waals surface area contributed by atoms with Gasteiger partial charge in [-0.05, 0) is 42.8 Å². The summed E-state index contributed by atoms with van der Waals surface area (Å²) in [5.41, 5.74) is 2.57. The Hall–Kier alpha value is -3.65. The van der Waals surface area contributed by atoms with Gasteiger partial charge < -0.3 is 4.74 Å². The molecular weight excluding hydrogens is 438 g/mol. The quantitative estimate of drug-likeness (QED) is 0.555. The molecule has 0 unspecified atom stereocenters. The van der Waals surface area contributed by atoms with Gasteiger partial charge in [0.25, 0.3) is 10.0 Å². The monoisotopic (exact) mass is 463 g/mol. The van der Waals surface area contributed by atoms with Crippen LogP contribution in [0.1, 0.15) is 37.4 Å². The van der Waals surface area contributed by atoms with E-state index in [9.17, 15) is 13.2 Å². The fraction of sp³-hybridized carbons (Fsp3) is 0.200. The predicted molar refractivity (Wildman–Crippen MR) is 128 cm³/mol. The van der Waals surface area contributed by atoms with E-state index in [2.05, 4.69) is 9.82 Å². The number of hydrogen-bond donors (Lipinski definition) is 1. The largest absolute Gasteiger partial charge is 0.494 e. The highest BCUT2D eigenvalue weighted by molar-refractivity contribution is 7.92. The van der Waals surface area contributed by atoms with Gasteiger partial charge >= 0.3 is 0 Å². The van der Waals surface area contributed by atoms with Crippen molar-refractivity contribution in [1.29, 1.82) is 0 Å². The van der Waals surface area contributed by atoms with E-state index in [4.69, 9.17) is 4.74 Å². The summed E-state index contributed by atoms with van der Waals surface area (Å²) in [6.07, 6.45) is 0.444. The standard InChI is InChI=1S/C25H25N3O4S/c1-3-32-20-11-9-10-19(16-20)25-17-24(26-28(25)18(2)29)22-14-7-8-15-23(22)27-33(30,31)21-12-5-4-6-13-21/h4-16,25,27H,3,17H2,1-2H3/t25-/m0/s1. The number of sulfonamides is 1. The first kappa shape index (κ1) is 22.5. The van der Waals surface area contributed by atoms with Gasteiger partial charge in [-0.2, -0.15) is 5.10 Å². The molecule has 3 aromatic carbocycles. The molecule has 1 heterocycles. The van der Waals surface area contributed by atoms with E-state index in [1.807, 2.05) is 37.3 Å². The number of carbonyl (C=O) groups is 1. The van der Waals surface area contributed by atoms with Crippen LogP contribution in [0.5, 0.6) is 5.75 Å². The zero-order valence-electron chi connectivity index (χ0n) is 18.4. The van der Waals surface area contributed by atoms with Crippen LogP contribution in [0.3, 0.4) is 0 Å². The maximum absolute atomic E-state index is 12.9. The van der Waals surface area contributed by atoms with Crippen molar-refractivity contribution in [3.8, 4) is 5.75 Å². The molecule has 0 saturated heterocycles. The molecule has 8 heteroatoms. The molecule has 33 heavy (non-hydrogen) atoms. The zero-order chi connectivity index (χ0) is 23.4. The van der Waals surface area contributed by atoms with Crippen LogP contribution in [-0.4, -0.2) is 31.7 Å². The molecule has 0 bridgehead atoms. The van der Waals surface area contributed by atoms with E-state index >= 15 is 0 Å². The van der Waals surface area contributed by atoms with Crippen molar-refractivity contribution in [2.45, 2.75) is 31.2 Å². The Morgan fingerprint density at radius 3 is 2.52 bits per heavy atom. The lowest BCUT2D eigenvalue weighted by atomic mass is 9.97. The number of hydrogen-bond acceptors (Lipinski definition) is 5. The number of para-hydroxylation sites is 1. The SMILES string of the molecule is CCOc1cccc([C@@H]2CC(c3ccccc3NS(=O)(=O)c3ccccc3)=NN2C(C)=O)c1. The number of hydrazone groups is 1. The second-order valence-corrected chi connectivity index (χ2v) is 9.28. The summed E-state index contributed by atoms with van der Waals surface area (Å²) in [5, 5.41) is 6.03. The molecule has 0 spiro atoms. The number of amides is 1. The van der Waals surface area contributed by atoms with Crippen LogP contribution in [0.25, 0.3) is 0 Å². The zero-order valence-corrected chi connectivity index (χ0v) is 19.2. The van der Waals surface area contributed by atoms with Crippen molar-refractivity contribution in [2.24, 2.45) is 5.10 Å². The first-order valence-electron chi connectivity index (χ1n) is 10.7. The lowest BCUT2D eigenvalue weighted by Gasteiger charge is -2.21. The van der Waals surface area contributed by atoms with Gasteiger partial charge in [-0.3, -0.25) is 9.52 Å². The van der Waals surface area contributed by atoms with Crippen molar-refractivity contribution < 1.29 is 17.9 Å². The molecule has 0 fully saturated rings. The van der Waals surface area contributed by atoms with Gasteiger partial charge in [0.15, 0.2) is 0 Å². The average Bonchev–Trinajstić information content (AvgIpc) is 3.26. The summed E-state index contributed by atoms with van der Waals surface area (Å²) < 4.78 is 34.1. The topological polar surface area (TPSA) is 88.1 Å². The predicted octanol–water partition coefficient (Wildman–Crippen LogP) is 4.58. The molecule has 0 radical (unpaired) electrons. The van der Waals surface area contributed by atoms with Crippen molar-refractivity contribution >= 4 is 27.3 Å². The third-order valence-electron chi connectivity index (χ3n) is 5.32. The minimum atomic E-state index is -3.77. The molecule has 4 rings (SSSR count). The molecule has 3 aromatic rings. The van der Waals surface area contributed by atoms with Gasteiger partial charge in [0.1, 0.15) is 5.75 Å². The normalized spacial score (nSPS) is 15.8. The van der Waals surface area contributed by atoms with Crippen LogP contribution in [0.4, 0.5) is 5.69 Å². The lowest BCUT2D eigenvalue weighted by Crippen LogP contribution is -2.24. The Morgan fingerprint density at radius 2 is 1.79 bits per heavy atom. The van der Waals surface area contributed by atoms with Gasteiger partial charge in [-0.1, -0.05) is 48.5 Å². The second-order valence-electron chi connectivity index (χ2n) is 7.60. The Labute approximate surface area is 193 Å². The number of carbonyl (C=O) groups excluding carboxylic acids is 1. The summed E-state index contributed by atoms with van der Waals surface area (Å²) >= 11 is 0. The number of anilines is 1. The summed E-state index contributed by atoms with van der Waals surface area (Å²) in [7, 11) is -3.77. The van der Waals surface area contributed by atoms with Gasteiger partial charge in [-0.15, -0.1) is 0 Å². The number of nitrogens with zero attached hydrogens (tertiary/aromatic N) is 2. The fourth-order valence-electron chi connectivity index (χ4n) is 3.83. The molecule has 1 atom stereocenters. The second kappa shape index (κ2) is 9.46. The summed E-state index contributed by atoms with van der Waals surface area (Å²) in [6.45, 7) is 3.93. The number of benzene rings is 3. The van der Waals surface area contributed by atoms with E-state index < -0.39 is 10.0 Å². The fourth-order valence-corrected chi connectivity index (χ4v) is 4.93. The van der Waals surface area contributed by atoms with Crippen LogP contribution in [0, 0.1) is 0 Å². The first-order valence-corrected chi connectivity index (χ1v) is 12.1. The van der Waals surface area contributed by atoms with Crippen molar-refractivity contribution in [2.75, 3.05) is 11.3 Å². The lowest BCUT2D eigenvalue weighted by molar-refractivity contribution is -0.130. The summed E-state index contributed by atoms with van der Waals surface area (Å²) in [4.78, 5) is 12.6. The average molecular weight is 464 g/mol. The highest BCUT2D eigenvalue weighted by atomic mass is 32.2. The highest BCUT2D eigenvalue weighted by Gasteiger charge is 2.32. The van der Waals surface area contributed by atoms with Crippen molar-refractivity contribution in [3.63, 3.8) is 0 Å². The van der Waals surface area contributed by atoms with Gasteiger partial charge in [0.05, 0.1) is 28.9 Å².